The van der Waals surface area contributed by atoms with Crippen LogP contribution in [-0.2, 0) is 0 Å². The lowest BCUT2D eigenvalue weighted by atomic mass is 9.64. The number of aliphatic hydroxyl groups is 2. The molecule has 1 aliphatic heterocycles. The van der Waals surface area contributed by atoms with Crippen LogP contribution >= 0.6 is 0 Å². The molecule has 0 amide bonds. The molecule has 3 heteroatoms. The molecule has 2 aliphatic rings. The van der Waals surface area contributed by atoms with Crippen LogP contribution in [0.5, 0.6) is 0 Å². The van der Waals surface area contributed by atoms with Gasteiger partial charge in [-0.3, -0.25) is 4.90 Å². The zero-order chi connectivity index (χ0) is 14.1. The summed E-state index contributed by atoms with van der Waals surface area (Å²) >= 11 is 0. The molecule has 1 heterocycles. The molecule has 0 aromatic rings. The zero-order valence-electron chi connectivity index (χ0n) is 12.9. The Morgan fingerprint density at radius 1 is 1.21 bits per heavy atom. The molecule has 1 aliphatic carbocycles. The van der Waals surface area contributed by atoms with Gasteiger partial charge in [-0.2, -0.15) is 0 Å². The van der Waals surface area contributed by atoms with Crippen molar-refractivity contribution < 1.29 is 10.2 Å². The minimum Gasteiger partial charge on any atom is -0.395 e. The number of rotatable bonds is 3. The molecule has 3 unspecified atom stereocenters. The zero-order valence-corrected chi connectivity index (χ0v) is 12.9. The van der Waals surface area contributed by atoms with Crippen LogP contribution in [0.15, 0.2) is 0 Å². The van der Waals surface area contributed by atoms with E-state index in [2.05, 4.69) is 25.7 Å². The summed E-state index contributed by atoms with van der Waals surface area (Å²) in [5, 5.41) is 20.1. The molecule has 1 spiro atoms. The number of aliphatic hydroxyl groups excluding tert-OH is 2. The van der Waals surface area contributed by atoms with Crippen LogP contribution in [0.1, 0.15) is 65.7 Å². The van der Waals surface area contributed by atoms with Gasteiger partial charge in [-0.1, -0.05) is 33.1 Å². The minimum absolute atomic E-state index is 0.0116. The third-order valence-electron chi connectivity index (χ3n) is 6.16. The van der Waals surface area contributed by atoms with E-state index in [1.807, 2.05) is 0 Å². The van der Waals surface area contributed by atoms with Crippen LogP contribution < -0.4 is 0 Å². The van der Waals surface area contributed by atoms with E-state index in [-0.39, 0.29) is 29.7 Å². The average molecular weight is 269 g/mol. The Hall–Kier alpha value is -0.120. The molecular weight excluding hydrogens is 238 g/mol. The van der Waals surface area contributed by atoms with Crippen molar-refractivity contribution in [3.8, 4) is 0 Å². The van der Waals surface area contributed by atoms with E-state index in [1.54, 1.807) is 0 Å². The van der Waals surface area contributed by atoms with Crippen molar-refractivity contribution in [1.29, 1.82) is 0 Å². The number of nitrogens with zero attached hydrogens (tertiary/aromatic N) is 1. The van der Waals surface area contributed by atoms with Crippen molar-refractivity contribution in [3.05, 3.63) is 0 Å². The summed E-state index contributed by atoms with van der Waals surface area (Å²) in [7, 11) is 0. The first-order valence-corrected chi connectivity index (χ1v) is 8.07. The van der Waals surface area contributed by atoms with Crippen LogP contribution in [0.4, 0.5) is 0 Å². The van der Waals surface area contributed by atoms with Crippen molar-refractivity contribution >= 4 is 0 Å². The highest BCUT2D eigenvalue weighted by atomic mass is 16.3. The summed E-state index contributed by atoms with van der Waals surface area (Å²) in [4.78, 5) is 2.57. The monoisotopic (exact) mass is 269 g/mol. The maximum absolute atomic E-state index is 10.6. The highest BCUT2D eigenvalue weighted by Gasteiger charge is 2.54. The molecule has 0 bridgehead atoms. The molecular formula is C16H31NO2. The molecule has 1 saturated carbocycles. The molecule has 112 valence electrons. The van der Waals surface area contributed by atoms with Gasteiger partial charge in [0.2, 0.25) is 0 Å². The predicted octanol–water partition coefficient (Wildman–Crippen LogP) is 2.55. The van der Waals surface area contributed by atoms with Gasteiger partial charge >= 0.3 is 0 Å². The van der Waals surface area contributed by atoms with Gasteiger partial charge in [-0.05, 0) is 32.6 Å². The fourth-order valence-electron chi connectivity index (χ4n) is 4.67. The van der Waals surface area contributed by atoms with Gasteiger partial charge in [-0.15, -0.1) is 0 Å². The number of hydrogen-bond donors (Lipinski definition) is 2. The third kappa shape index (κ3) is 2.45. The molecule has 3 nitrogen and oxygen atoms in total. The fourth-order valence-corrected chi connectivity index (χ4v) is 4.67. The standard InChI is InChI=1S/C16H31NO2/c1-4-15(3)13(2)14(19)12-16(17(15)10-11-18)8-6-5-7-9-16/h13-14,18-19H,4-12H2,1-3H3. The first-order chi connectivity index (χ1) is 9.00. The second kappa shape index (κ2) is 5.71. The maximum Gasteiger partial charge on any atom is 0.0601 e. The van der Waals surface area contributed by atoms with E-state index in [0.717, 1.165) is 19.4 Å². The fraction of sp³-hybridized carbons (Fsp3) is 1.00. The summed E-state index contributed by atoms with van der Waals surface area (Å²) in [6, 6.07) is 0. The van der Waals surface area contributed by atoms with E-state index < -0.39 is 0 Å². The second-order valence-corrected chi connectivity index (χ2v) is 6.93. The van der Waals surface area contributed by atoms with Crippen molar-refractivity contribution in [2.24, 2.45) is 5.92 Å². The lowest BCUT2D eigenvalue weighted by molar-refractivity contribution is -0.155. The Balaban J connectivity index is 2.35. The molecule has 2 rings (SSSR count). The summed E-state index contributed by atoms with van der Waals surface area (Å²) in [5.74, 6) is 0.275. The summed E-state index contributed by atoms with van der Waals surface area (Å²) in [6.45, 7) is 7.65. The van der Waals surface area contributed by atoms with E-state index >= 15 is 0 Å². The number of β-amino-alcohol motifs (C(OH)–C–C–N with tert-alkyl or cyclic N) is 1. The smallest absolute Gasteiger partial charge is 0.0601 e. The van der Waals surface area contributed by atoms with Gasteiger partial charge < -0.3 is 10.2 Å². The SMILES string of the molecule is CCC1(C)C(C)C(O)CC2(CCCCC2)N1CCO. The van der Waals surface area contributed by atoms with Gasteiger partial charge in [0.25, 0.3) is 0 Å². The Morgan fingerprint density at radius 3 is 2.37 bits per heavy atom. The summed E-state index contributed by atoms with van der Waals surface area (Å²) < 4.78 is 0. The van der Waals surface area contributed by atoms with Crippen LogP contribution in [0, 0.1) is 5.92 Å². The van der Waals surface area contributed by atoms with Crippen molar-refractivity contribution in [2.75, 3.05) is 13.2 Å². The second-order valence-electron chi connectivity index (χ2n) is 6.93. The molecule has 2 fully saturated rings. The first-order valence-electron chi connectivity index (χ1n) is 8.07. The highest BCUT2D eigenvalue weighted by molar-refractivity contribution is 5.09. The van der Waals surface area contributed by atoms with Crippen LogP contribution in [0.3, 0.4) is 0 Å². The topological polar surface area (TPSA) is 43.7 Å². The highest BCUT2D eigenvalue weighted by Crippen LogP contribution is 2.49. The first kappa shape index (κ1) is 15.3. The number of likely N-dealkylation sites (tertiary alicyclic amines) is 1. The largest absolute Gasteiger partial charge is 0.395 e. The van der Waals surface area contributed by atoms with Gasteiger partial charge in [0.15, 0.2) is 0 Å². The summed E-state index contributed by atoms with van der Waals surface area (Å²) in [5.41, 5.74) is 0.148. The minimum atomic E-state index is -0.196. The van der Waals surface area contributed by atoms with Gasteiger partial charge in [0.1, 0.15) is 0 Å². The van der Waals surface area contributed by atoms with Crippen LogP contribution in [0.25, 0.3) is 0 Å². The van der Waals surface area contributed by atoms with Crippen molar-refractivity contribution in [2.45, 2.75) is 82.9 Å². The Labute approximate surface area is 118 Å². The molecule has 0 aromatic carbocycles. The number of piperidine rings is 1. The molecule has 2 N–H and O–H groups in total. The van der Waals surface area contributed by atoms with E-state index in [9.17, 15) is 10.2 Å². The van der Waals surface area contributed by atoms with Gasteiger partial charge in [0, 0.05) is 23.5 Å². The maximum atomic E-state index is 10.6. The van der Waals surface area contributed by atoms with Crippen molar-refractivity contribution in [3.63, 3.8) is 0 Å². The quantitative estimate of drug-likeness (QED) is 0.827. The van der Waals surface area contributed by atoms with Gasteiger partial charge in [-0.25, -0.2) is 0 Å². The molecule has 0 radical (unpaired) electrons. The average Bonchev–Trinajstić information content (AvgIpc) is 2.42. The van der Waals surface area contributed by atoms with Gasteiger partial charge in [0.05, 0.1) is 12.7 Å². The Bertz CT molecular complexity index is 301. The van der Waals surface area contributed by atoms with E-state index in [0.29, 0.717) is 0 Å². The Kier molecular flexibility index (Phi) is 4.59. The number of hydrogen-bond acceptors (Lipinski definition) is 3. The van der Waals surface area contributed by atoms with Crippen LogP contribution in [-0.4, -0.2) is 45.4 Å². The Morgan fingerprint density at radius 2 is 1.84 bits per heavy atom. The molecule has 19 heavy (non-hydrogen) atoms. The lowest BCUT2D eigenvalue weighted by Crippen LogP contribution is -2.69. The molecule has 3 atom stereocenters. The van der Waals surface area contributed by atoms with Crippen LogP contribution in [0.2, 0.25) is 0 Å². The lowest BCUT2D eigenvalue weighted by Gasteiger charge is -2.62. The normalized spacial score (nSPS) is 39.6. The van der Waals surface area contributed by atoms with E-state index in [1.165, 1.54) is 32.1 Å². The van der Waals surface area contributed by atoms with Crippen molar-refractivity contribution in [1.82, 2.24) is 4.90 Å². The molecule has 0 aromatic heterocycles. The summed E-state index contributed by atoms with van der Waals surface area (Å²) in [6.07, 6.45) is 7.96. The predicted molar refractivity (Wildman–Crippen MR) is 78.1 cm³/mol. The molecule has 1 saturated heterocycles. The third-order valence-corrected chi connectivity index (χ3v) is 6.16. The van der Waals surface area contributed by atoms with E-state index in [4.69, 9.17) is 0 Å².